The second-order valence-electron chi connectivity index (χ2n) is 3.28. The van der Waals surface area contributed by atoms with Crippen molar-refractivity contribution in [3.05, 3.63) is 48.0 Å². The van der Waals surface area contributed by atoms with Crippen molar-refractivity contribution >= 4 is 17.0 Å². The average molecular weight is 183 g/mol. The first-order chi connectivity index (χ1) is 6.90. The summed E-state index contributed by atoms with van der Waals surface area (Å²) >= 11 is 0. The van der Waals surface area contributed by atoms with Crippen molar-refractivity contribution in [1.29, 1.82) is 0 Å². The second-order valence-corrected chi connectivity index (χ2v) is 3.28. The maximum absolute atomic E-state index is 4.22. The molecule has 0 bridgehead atoms. The fourth-order valence-electron chi connectivity index (χ4n) is 1.53. The van der Waals surface area contributed by atoms with E-state index >= 15 is 0 Å². The van der Waals surface area contributed by atoms with E-state index in [1.165, 1.54) is 16.3 Å². The monoisotopic (exact) mass is 183 g/mol. The first-order valence-electron chi connectivity index (χ1n) is 4.82. The number of hydrogen-bond acceptors (Lipinski definition) is 1. The van der Waals surface area contributed by atoms with Gasteiger partial charge in [0.25, 0.3) is 0 Å². The lowest BCUT2D eigenvalue weighted by Crippen LogP contribution is -1.81. The lowest BCUT2D eigenvalue weighted by Gasteiger charge is -2.00. The molecule has 2 aromatic carbocycles. The molecule has 0 radical (unpaired) electrons. The van der Waals surface area contributed by atoms with Crippen molar-refractivity contribution < 1.29 is 0 Å². The van der Waals surface area contributed by atoms with Crippen LogP contribution < -0.4 is 0 Å². The third kappa shape index (κ3) is 1.82. The summed E-state index contributed by atoms with van der Waals surface area (Å²) in [7, 11) is 0. The molecule has 1 heteroatoms. The normalized spacial score (nSPS) is 11.2. The van der Waals surface area contributed by atoms with Gasteiger partial charge in [-0.2, -0.15) is 0 Å². The van der Waals surface area contributed by atoms with Crippen LogP contribution in [0, 0.1) is 0 Å². The van der Waals surface area contributed by atoms with Crippen LogP contribution in [0.15, 0.2) is 47.5 Å². The van der Waals surface area contributed by atoms with Gasteiger partial charge >= 0.3 is 0 Å². The molecule has 0 aromatic heterocycles. The first kappa shape index (κ1) is 8.95. The van der Waals surface area contributed by atoms with Crippen molar-refractivity contribution in [2.45, 2.75) is 13.5 Å². The largest absolute Gasteiger partial charge is 0.293 e. The molecule has 0 fully saturated rings. The molecule has 0 amide bonds. The third-order valence-corrected chi connectivity index (χ3v) is 2.27. The molecule has 0 unspecified atom stereocenters. The Morgan fingerprint density at radius 2 is 1.86 bits per heavy atom. The Labute approximate surface area is 84.1 Å². The zero-order valence-electron chi connectivity index (χ0n) is 8.27. The van der Waals surface area contributed by atoms with Gasteiger partial charge in [-0.05, 0) is 35.5 Å². The maximum Gasteiger partial charge on any atom is 0.0635 e. The van der Waals surface area contributed by atoms with Gasteiger partial charge in [0.2, 0.25) is 0 Å². The van der Waals surface area contributed by atoms with E-state index in [4.69, 9.17) is 0 Å². The Hall–Kier alpha value is -1.63. The van der Waals surface area contributed by atoms with E-state index in [-0.39, 0.29) is 0 Å². The van der Waals surface area contributed by atoms with Crippen LogP contribution in [0.25, 0.3) is 10.8 Å². The molecular weight excluding hydrogens is 170 g/mol. The molecule has 14 heavy (non-hydrogen) atoms. The van der Waals surface area contributed by atoms with E-state index in [0.717, 1.165) is 6.54 Å². The summed E-state index contributed by atoms with van der Waals surface area (Å²) in [4.78, 5) is 4.22. The van der Waals surface area contributed by atoms with E-state index in [9.17, 15) is 0 Å². The van der Waals surface area contributed by atoms with Crippen LogP contribution in [-0.4, -0.2) is 6.21 Å². The number of nitrogens with zero attached hydrogens (tertiary/aromatic N) is 1. The van der Waals surface area contributed by atoms with Crippen LogP contribution in [0.1, 0.15) is 12.5 Å². The molecule has 0 atom stereocenters. The van der Waals surface area contributed by atoms with Crippen molar-refractivity contribution in [2.24, 2.45) is 4.99 Å². The summed E-state index contributed by atoms with van der Waals surface area (Å²) < 4.78 is 0. The van der Waals surface area contributed by atoms with Gasteiger partial charge in [0.05, 0.1) is 6.54 Å². The predicted octanol–water partition coefficient (Wildman–Crippen LogP) is 3.43. The summed E-state index contributed by atoms with van der Waals surface area (Å²) in [6.07, 6.45) is 1.84. The standard InChI is InChI=1S/C13H13N/c1-2-14-10-11-7-8-12-5-3-4-6-13(12)9-11/h2-9H,10H2,1H3. The number of hydrogen-bond donors (Lipinski definition) is 0. The summed E-state index contributed by atoms with van der Waals surface area (Å²) in [5.41, 5.74) is 1.27. The quantitative estimate of drug-likeness (QED) is 0.632. The Kier molecular flexibility index (Phi) is 2.59. The fourth-order valence-corrected chi connectivity index (χ4v) is 1.53. The molecule has 0 aliphatic carbocycles. The molecule has 0 saturated heterocycles. The molecule has 0 N–H and O–H groups in total. The van der Waals surface area contributed by atoms with Crippen LogP contribution in [0.3, 0.4) is 0 Å². The van der Waals surface area contributed by atoms with Gasteiger partial charge in [0.15, 0.2) is 0 Å². The zero-order valence-corrected chi connectivity index (χ0v) is 8.27. The minimum absolute atomic E-state index is 0.779. The molecule has 0 heterocycles. The van der Waals surface area contributed by atoms with Gasteiger partial charge in [-0.25, -0.2) is 0 Å². The zero-order chi connectivity index (χ0) is 9.80. The van der Waals surface area contributed by atoms with Crippen molar-refractivity contribution in [1.82, 2.24) is 0 Å². The molecule has 1 nitrogen and oxygen atoms in total. The number of aliphatic imine (C=N–C) groups is 1. The molecule has 0 aliphatic heterocycles. The van der Waals surface area contributed by atoms with E-state index in [1.54, 1.807) is 0 Å². The summed E-state index contributed by atoms with van der Waals surface area (Å²) in [5, 5.41) is 2.58. The van der Waals surface area contributed by atoms with E-state index in [0.29, 0.717) is 0 Å². The van der Waals surface area contributed by atoms with Gasteiger partial charge in [0, 0.05) is 0 Å². The Morgan fingerprint density at radius 1 is 1.07 bits per heavy atom. The fraction of sp³-hybridized carbons (Fsp3) is 0.154. The Bertz CT molecular complexity index is 457. The smallest absolute Gasteiger partial charge is 0.0635 e. The van der Waals surface area contributed by atoms with Crippen LogP contribution in [0.2, 0.25) is 0 Å². The minimum Gasteiger partial charge on any atom is -0.293 e. The Balaban J connectivity index is 2.41. The van der Waals surface area contributed by atoms with Gasteiger partial charge < -0.3 is 0 Å². The van der Waals surface area contributed by atoms with Crippen LogP contribution >= 0.6 is 0 Å². The highest BCUT2D eigenvalue weighted by Crippen LogP contribution is 2.15. The molecule has 0 saturated carbocycles. The van der Waals surface area contributed by atoms with Crippen LogP contribution in [-0.2, 0) is 6.54 Å². The molecule has 2 rings (SSSR count). The van der Waals surface area contributed by atoms with E-state index < -0.39 is 0 Å². The van der Waals surface area contributed by atoms with Crippen molar-refractivity contribution in [3.8, 4) is 0 Å². The van der Waals surface area contributed by atoms with Gasteiger partial charge in [-0.15, -0.1) is 0 Å². The molecule has 2 aromatic rings. The molecule has 0 aliphatic rings. The summed E-state index contributed by atoms with van der Waals surface area (Å²) in [6.45, 7) is 2.72. The average Bonchev–Trinajstić information content (AvgIpc) is 2.26. The van der Waals surface area contributed by atoms with Gasteiger partial charge in [0.1, 0.15) is 0 Å². The molecule has 0 spiro atoms. The van der Waals surface area contributed by atoms with Crippen molar-refractivity contribution in [3.63, 3.8) is 0 Å². The highest BCUT2D eigenvalue weighted by atomic mass is 14.7. The summed E-state index contributed by atoms with van der Waals surface area (Å²) in [6, 6.07) is 14.9. The van der Waals surface area contributed by atoms with Crippen LogP contribution in [0.5, 0.6) is 0 Å². The highest BCUT2D eigenvalue weighted by Gasteiger charge is 1.93. The Morgan fingerprint density at radius 3 is 2.64 bits per heavy atom. The number of benzene rings is 2. The van der Waals surface area contributed by atoms with E-state index in [2.05, 4.69) is 47.5 Å². The third-order valence-electron chi connectivity index (χ3n) is 2.27. The highest BCUT2D eigenvalue weighted by molar-refractivity contribution is 5.83. The lowest BCUT2D eigenvalue weighted by atomic mass is 10.1. The van der Waals surface area contributed by atoms with Gasteiger partial charge in [-0.3, -0.25) is 4.99 Å². The summed E-state index contributed by atoms with van der Waals surface area (Å²) in [5.74, 6) is 0. The minimum atomic E-state index is 0.779. The topological polar surface area (TPSA) is 12.4 Å². The van der Waals surface area contributed by atoms with E-state index in [1.807, 2.05) is 13.1 Å². The predicted molar refractivity (Wildman–Crippen MR) is 61.8 cm³/mol. The van der Waals surface area contributed by atoms with Gasteiger partial charge in [-0.1, -0.05) is 36.4 Å². The second kappa shape index (κ2) is 4.05. The van der Waals surface area contributed by atoms with Crippen LogP contribution in [0.4, 0.5) is 0 Å². The maximum atomic E-state index is 4.22. The number of fused-ring (bicyclic) bond motifs is 1. The SMILES string of the molecule is CC=NCc1ccc2ccccc2c1. The molecular formula is C13H13N. The first-order valence-corrected chi connectivity index (χ1v) is 4.82. The number of rotatable bonds is 2. The molecule has 70 valence electrons. The van der Waals surface area contributed by atoms with Crippen molar-refractivity contribution in [2.75, 3.05) is 0 Å². The lowest BCUT2D eigenvalue weighted by molar-refractivity contribution is 1.08.